The van der Waals surface area contributed by atoms with Crippen LogP contribution in [0.25, 0.3) is 0 Å². The highest BCUT2D eigenvalue weighted by molar-refractivity contribution is 9.10. The topological polar surface area (TPSA) is 57.8 Å². The number of benzene rings is 1. The molecule has 2 aromatic rings. The van der Waals surface area contributed by atoms with Gasteiger partial charge in [-0.2, -0.15) is 0 Å². The van der Waals surface area contributed by atoms with E-state index in [9.17, 15) is 4.79 Å². The quantitative estimate of drug-likeness (QED) is 0.832. The summed E-state index contributed by atoms with van der Waals surface area (Å²) in [5.41, 5.74) is 2.09. The molecule has 0 unspecified atom stereocenters. The summed E-state index contributed by atoms with van der Waals surface area (Å²) in [5.74, 6) is -0.180. The van der Waals surface area contributed by atoms with Gasteiger partial charge in [-0.25, -0.2) is 4.98 Å². The van der Waals surface area contributed by atoms with Crippen molar-refractivity contribution in [2.24, 2.45) is 0 Å². The molecule has 0 aliphatic heterocycles. The molecular formula is C12H10BrN3OS. The molecule has 1 heterocycles. The number of rotatable bonds is 2. The minimum Gasteiger partial charge on any atom is -0.335 e. The number of carbonyl (C=O) groups is 1. The summed E-state index contributed by atoms with van der Waals surface area (Å²) in [6.07, 6.45) is 3.13. The SMILES string of the molecule is Cc1c(Br)cccc1C(=O)Nc1cnc(=S)[nH]c1. The second kappa shape index (κ2) is 5.41. The van der Waals surface area contributed by atoms with E-state index in [1.807, 2.05) is 19.1 Å². The van der Waals surface area contributed by atoms with Crippen molar-refractivity contribution < 1.29 is 4.79 Å². The van der Waals surface area contributed by atoms with Gasteiger partial charge in [0.05, 0.1) is 11.9 Å². The molecule has 0 aliphatic carbocycles. The van der Waals surface area contributed by atoms with E-state index < -0.39 is 0 Å². The van der Waals surface area contributed by atoms with Crippen molar-refractivity contribution in [2.45, 2.75) is 6.92 Å². The Morgan fingerprint density at radius 2 is 2.28 bits per heavy atom. The molecule has 1 amide bonds. The zero-order valence-corrected chi connectivity index (χ0v) is 11.9. The molecule has 0 saturated heterocycles. The largest absolute Gasteiger partial charge is 0.335 e. The third-order valence-corrected chi connectivity index (χ3v) is 3.52. The molecule has 92 valence electrons. The van der Waals surface area contributed by atoms with Gasteiger partial charge >= 0.3 is 0 Å². The molecule has 0 bridgehead atoms. The first-order valence-electron chi connectivity index (χ1n) is 5.19. The first kappa shape index (κ1) is 12.9. The number of halogens is 1. The lowest BCUT2D eigenvalue weighted by molar-refractivity contribution is 0.102. The zero-order valence-electron chi connectivity index (χ0n) is 9.53. The van der Waals surface area contributed by atoms with E-state index in [1.165, 1.54) is 6.20 Å². The molecule has 6 heteroatoms. The van der Waals surface area contributed by atoms with Gasteiger partial charge in [-0.05, 0) is 36.8 Å². The van der Waals surface area contributed by atoms with Crippen molar-refractivity contribution in [1.82, 2.24) is 9.97 Å². The molecule has 2 rings (SSSR count). The van der Waals surface area contributed by atoms with Gasteiger partial charge in [0, 0.05) is 16.2 Å². The van der Waals surface area contributed by atoms with Crippen molar-refractivity contribution in [1.29, 1.82) is 0 Å². The van der Waals surface area contributed by atoms with Gasteiger partial charge in [0.1, 0.15) is 0 Å². The number of aromatic amines is 1. The molecule has 0 fully saturated rings. The molecule has 0 spiro atoms. The third kappa shape index (κ3) is 2.83. The zero-order chi connectivity index (χ0) is 13.1. The Hall–Kier alpha value is -1.53. The Labute approximate surface area is 118 Å². The van der Waals surface area contributed by atoms with Crippen LogP contribution >= 0.6 is 28.1 Å². The van der Waals surface area contributed by atoms with Crippen LogP contribution in [-0.4, -0.2) is 15.9 Å². The van der Waals surface area contributed by atoms with E-state index in [0.29, 0.717) is 16.0 Å². The first-order chi connectivity index (χ1) is 8.58. The minimum atomic E-state index is -0.180. The van der Waals surface area contributed by atoms with E-state index >= 15 is 0 Å². The van der Waals surface area contributed by atoms with Crippen molar-refractivity contribution in [3.05, 3.63) is 51.0 Å². The lowest BCUT2D eigenvalue weighted by atomic mass is 10.1. The van der Waals surface area contributed by atoms with Gasteiger partial charge in [0.15, 0.2) is 4.77 Å². The summed E-state index contributed by atoms with van der Waals surface area (Å²) in [4.78, 5) is 18.7. The van der Waals surface area contributed by atoms with Crippen LogP contribution in [-0.2, 0) is 0 Å². The van der Waals surface area contributed by atoms with Crippen LogP contribution in [0.2, 0.25) is 0 Å². The highest BCUT2D eigenvalue weighted by atomic mass is 79.9. The maximum atomic E-state index is 12.1. The summed E-state index contributed by atoms with van der Waals surface area (Å²) >= 11 is 8.23. The fourth-order valence-corrected chi connectivity index (χ4v) is 1.94. The van der Waals surface area contributed by atoms with Crippen LogP contribution in [0.1, 0.15) is 15.9 Å². The Balaban J connectivity index is 2.24. The van der Waals surface area contributed by atoms with E-state index in [0.717, 1.165) is 10.0 Å². The number of carbonyl (C=O) groups excluding carboxylic acids is 1. The summed E-state index contributed by atoms with van der Waals surface area (Å²) in [6.45, 7) is 1.88. The third-order valence-electron chi connectivity index (χ3n) is 2.44. The lowest BCUT2D eigenvalue weighted by Crippen LogP contribution is -2.13. The number of H-pyrrole nitrogens is 1. The molecule has 1 aromatic heterocycles. The van der Waals surface area contributed by atoms with Crippen LogP contribution in [0, 0.1) is 11.7 Å². The van der Waals surface area contributed by atoms with Crippen molar-refractivity contribution >= 4 is 39.7 Å². The number of hydrogen-bond acceptors (Lipinski definition) is 3. The summed E-state index contributed by atoms with van der Waals surface area (Å²) in [5, 5.41) is 2.75. The lowest BCUT2D eigenvalue weighted by Gasteiger charge is -2.08. The second-order valence-electron chi connectivity index (χ2n) is 3.67. The predicted molar refractivity (Wildman–Crippen MR) is 76.3 cm³/mol. The summed E-state index contributed by atoms with van der Waals surface area (Å²) < 4.78 is 1.28. The average molecular weight is 324 g/mol. The Kier molecular flexibility index (Phi) is 3.88. The predicted octanol–water partition coefficient (Wildman–Crippen LogP) is 3.46. The van der Waals surface area contributed by atoms with Gasteiger partial charge in [-0.3, -0.25) is 4.79 Å². The second-order valence-corrected chi connectivity index (χ2v) is 4.91. The summed E-state index contributed by atoms with van der Waals surface area (Å²) in [7, 11) is 0. The number of nitrogens with zero attached hydrogens (tertiary/aromatic N) is 1. The van der Waals surface area contributed by atoms with Gasteiger partial charge in [0.2, 0.25) is 0 Å². The van der Waals surface area contributed by atoms with E-state index in [-0.39, 0.29) is 5.91 Å². The number of hydrogen-bond donors (Lipinski definition) is 2. The monoisotopic (exact) mass is 323 g/mol. The van der Waals surface area contributed by atoms with Gasteiger partial charge in [0.25, 0.3) is 5.91 Å². The number of nitrogens with one attached hydrogen (secondary N) is 2. The molecule has 4 nitrogen and oxygen atoms in total. The van der Waals surface area contributed by atoms with Crippen LogP contribution < -0.4 is 5.32 Å². The number of aromatic nitrogens is 2. The highest BCUT2D eigenvalue weighted by Gasteiger charge is 2.10. The van der Waals surface area contributed by atoms with Gasteiger partial charge < -0.3 is 10.3 Å². The van der Waals surface area contributed by atoms with Crippen molar-refractivity contribution in [2.75, 3.05) is 5.32 Å². The molecule has 2 N–H and O–H groups in total. The molecular weight excluding hydrogens is 314 g/mol. The molecule has 0 saturated carbocycles. The molecule has 1 aromatic carbocycles. The first-order valence-corrected chi connectivity index (χ1v) is 6.39. The molecule has 0 radical (unpaired) electrons. The van der Waals surface area contributed by atoms with E-state index in [1.54, 1.807) is 12.3 Å². The van der Waals surface area contributed by atoms with Crippen LogP contribution in [0.4, 0.5) is 5.69 Å². The molecule has 0 aliphatic rings. The summed E-state index contributed by atoms with van der Waals surface area (Å²) in [6, 6.07) is 5.49. The van der Waals surface area contributed by atoms with Gasteiger partial charge in [-0.15, -0.1) is 0 Å². The Morgan fingerprint density at radius 1 is 1.50 bits per heavy atom. The van der Waals surface area contributed by atoms with Crippen LogP contribution in [0.5, 0.6) is 0 Å². The van der Waals surface area contributed by atoms with Crippen molar-refractivity contribution in [3.63, 3.8) is 0 Å². The average Bonchev–Trinajstić information content (AvgIpc) is 2.35. The van der Waals surface area contributed by atoms with E-state index in [2.05, 4.69) is 31.2 Å². The fourth-order valence-electron chi connectivity index (χ4n) is 1.46. The number of amides is 1. The Bertz CT molecular complexity index is 634. The van der Waals surface area contributed by atoms with Crippen LogP contribution in [0.3, 0.4) is 0 Å². The minimum absolute atomic E-state index is 0.180. The van der Waals surface area contributed by atoms with Crippen molar-refractivity contribution in [3.8, 4) is 0 Å². The fraction of sp³-hybridized carbons (Fsp3) is 0.0833. The smallest absolute Gasteiger partial charge is 0.256 e. The molecule has 0 atom stereocenters. The maximum Gasteiger partial charge on any atom is 0.256 e. The Morgan fingerprint density at radius 3 is 2.94 bits per heavy atom. The molecule has 18 heavy (non-hydrogen) atoms. The normalized spacial score (nSPS) is 10.1. The number of anilines is 1. The van der Waals surface area contributed by atoms with E-state index in [4.69, 9.17) is 12.2 Å². The van der Waals surface area contributed by atoms with Gasteiger partial charge in [-0.1, -0.05) is 22.0 Å². The standard InChI is InChI=1S/C12H10BrN3OS/c1-7-9(3-2-4-10(7)13)11(17)16-8-5-14-12(18)15-6-8/h2-6H,1H3,(H,16,17)(H,14,15,18). The van der Waals surface area contributed by atoms with Crippen LogP contribution in [0.15, 0.2) is 35.1 Å². The highest BCUT2D eigenvalue weighted by Crippen LogP contribution is 2.20. The maximum absolute atomic E-state index is 12.1.